The lowest BCUT2D eigenvalue weighted by Gasteiger charge is -2.43. The number of carbonyl (C=O) groups is 2. The Hall–Kier alpha value is -3.09. The van der Waals surface area contributed by atoms with E-state index in [4.69, 9.17) is 18.6 Å². The molecule has 2 atom stereocenters. The average Bonchev–Trinajstić information content (AvgIpc) is 2.62. The fourth-order valence-corrected chi connectivity index (χ4v) is 3.18. The van der Waals surface area contributed by atoms with Crippen LogP contribution >= 0.6 is 0 Å². The van der Waals surface area contributed by atoms with Gasteiger partial charge in [0.1, 0.15) is 16.9 Å². The first-order valence-electron chi connectivity index (χ1n) is 8.91. The summed E-state index contributed by atoms with van der Waals surface area (Å²) in [6, 6.07) is 6.37. The van der Waals surface area contributed by atoms with Gasteiger partial charge in [0.25, 0.3) is 0 Å². The van der Waals surface area contributed by atoms with Gasteiger partial charge in [-0.05, 0) is 45.9 Å². The van der Waals surface area contributed by atoms with E-state index in [2.05, 4.69) is 0 Å². The van der Waals surface area contributed by atoms with E-state index in [9.17, 15) is 14.4 Å². The van der Waals surface area contributed by atoms with E-state index in [1.807, 2.05) is 0 Å². The highest BCUT2D eigenvalue weighted by atomic mass is 16.6. The number of fused-ring (bicyclic) bond motifs is 3. The largest absolute Gasteiger partial charge is 0.483 e. The number of carbonyl (C=O) groups excluding carboxylic acids is 2. The Kier molecular flexibility index (Phi) is 5.02. The Balaban J connectivity index is 2.25. The Morgan fingerprint density at radius 3 is 2.43 bits per heavy atom. The van der Waals surface area contributed by atoms with E-state index in [0.717, 1.165) is 0 Å². The molecule has 0 fully saturated rings. The van der Waals surface area contributed by atoms with Crippen LogP contribution in [0.15, 0.2) is 45.1 Å². The third-order valence-corrected chi connectivity index (χ3v) is 4.69. The smallest absolute Gasteiger partial charge is 0.336 e. The van der Waals surface area contributed by atoms with Crippen LogP contribution in [0.4, 0.5) is 0 Å². The van der Waals surface area contributed by atoms with Crippen LogP contribution in [0.1, 0.15) is 46.3 Å². The SMILES string of the molecule is C/C=C(\C)C(=O)O[C@@H]1c2c(ccc3ccc(=O)oc23)OC(C)(C)[C@@H]1OC(C)=O. The maximum absolute atomic E-state index is 12.5. The van der Waals surface area contributed by atoms with Gasteiger partial charge in [-0.1, -0.05) is 6.08 Å². The molecule has 0 saturated heterocycles. The van der Waals surface area contributed by atoms with E-state index < -0.39 is 35.4 Å². The monoisotopic (exact) mass is 386 g/mol. The number of allylic oxidation sites excluding steroid dienone is 1. The summed E-state index contributed by atoms with van der Waals surface area (Å²) in [4.78, 5) is 36.1. The van der Waals surface area contributed by atoms with Crippen molar-refractivity contribution in [2.45, 2.75) is 52.4 Å². The van der Waals surface area contributed by atoms with Crippen LogP contribution < -0.4 is 10.4 Å². The number of ether oxygens (including phenoxy) is 3. The average molecular weight is 386 g/mol. The van der Waals surface area contributed by atoms with Crippen LogP contribution in [0.5, 0.6) is 5.75 Å². The quantitative estimate of drug-likeness (QED) is 0.453. The lowest BCUT2D eigenvalue weighted by Crippen LogP contribution is -2.52. The van der Waals surface area contributed by atoms with Crippen molar-refractivity contribution in [3.05, 3.63) is 51.9 Å². The summed E-state index contributed by atoms with van der Waals surface area (Å²) in [5.41, 5.74) is -0.555. The van der Waals surface area contributed by atoms with Gasteiger partial charge in [-0.25, -0.2) is 9.59 Å². The summed E-state index contributed by atoms with van der Waals surface area (Å²) in [5, 5.41) is 0.632. The third kappa shape index (κ3) is 3.52. The van der Waals surface area contributed by atoms with Gasteiger partial charge in [-0.15, -0.1) is 0 Å². The molecular formula is C21H22O7. The van der Waals surface area contributed by atoms with Crippen LogP contribution in [-0.2, 0) is 19.1 Å². The van der Waals surface area contributed by atoms with Crippen LogP contribution in [0, 0.1) is 0 Å². The summed E-state index contributed by atoms with van der Waals surface area (Å²) in [6.07, 6.45) is -0.334. The maximum Gasteiger partial charge on any atom is 0.336 e. The van der Waals surface area contributed by atoms with Gasteiger partial charge in [-0.3, -0.25) is 4.79 Å². The lowest BCUT2D eigenvalue weighted by atomic mass is 9.87. The van der Waals surface area contributed by atoms with Crippen molar-refractivity contribution >= 4 is 22.9 Å². The second-order valence-corrected chi connectivity index (χ2v) is 7.18. The molecule has 148 valence electrons. The molecule has 0 spiro atoms. The molecule has 0 aliphatic carbocycles. The van der Waals surface area contributed by atoms with Crippen LogP contribution in [0.3, 0.4) is 0 Å². The summed E-state index contributed by atoms with van der Waals surface area (Å²) in [5.74, 6) is -0.717. The molecule has 0 radical (unpaired) electrons. The number of hydrogen-bond acceptors (Lipinski definition) is 7. The zero-order valence-electron chi connectivity index (χ0n) is 16.4. The molecule has 28 heavy (non-hydrogen) atoms. The topological polar surface area (TPSA) is 92.0 Å². The van der Waals surface area contributed by atoms with Gasteiger partial charge < -0.3 is 18.6 Å². The number of benzene rings is 1. The minimum atomic E-state index is -1.01. The van der Waals surface area contributed by atoms with E-state index >= 15 is 0 Å². The number of esters is 2. The van der Waals surface area contributed by atoms with Crippen molar-refractivity contribution in [2.24, 2.45) is 0 Å². The van der Waals surface area contributed by atoms with Gasteiger partial charge in [0.05, 0.1) is 5.56 Å². The summed E-state index contributed by atoms with van der Waals surface area (Å²) in [7, 11) is 0. The zero-order chi connectivity index (χ0) is 20.6. The molecule has 1 aliphatic heterocycles. The Morgan fingerprint density at radius 2 is 1.79 bits per heavy atom. The predicted octanol–water partition coefficient (Wildman–Crippen LogP) is 3.45. The van der Waals surface area contributed by atoms with Gasteiger partial charge in [0.15, 0.2) is 12.2 Å². The molecule has 0 unspecified atom stereocenters. The number of hydrogen-bond donors (Lipinski definition) is 0. The normalized spacial score (nSPS) is 20.8. The second kappa shape index (κ2) is 7.14. The van der Waals surface area contributed by atoms with Crippen LogP contribution in [0.2, 0.25) is 0 Å². The molecule has 0 bridgehead atoms. The number of rotatable bonds is 3. The molecule has 0 N–H and O–H groups in total. The first kappa shape index (κ1) is 19.7. The Bertz CT molecular complexity index is 1030. The molecule has 3 rings (SSSR count). The van der Waals surface area contributed by atoms with Crippen molar-refractivity contribution in [3.8, 4) is 5.75 Å². The van der Waals surface area contributed by atoms with Crippen molar-refractivity contribution in [3.63, 3.8) is 0 Å². The molecule has 1 aromatic heterocycles. The molecule has 2 aromatic rings. The van der Waals surface area contributed by atoms with Crippen LogP contribution in [0.25, 0.3) is 11.0 Å². The Labute approximate surface area is 161 Å². The first-order valence-corrected chi connectivity index (χ1v) is 8.91. The molecule has 7 nitrogen and oxygen atoms in total. The van der Waals surface area contributed by atoms with E-state index in [-0.39, 0.29) is 5.58 Å². The molecule has 2 heterocycles. The van der Waals surface area contributed by atoms with E-state index in [1.54, 1.807) is 52.0 Å². The Morgan fingerprint density at radius 1 is 1.11 bits per heavy atom. The van der Waals surface area contributed by atoms with Gasteiger partial charge in [0, 0.05) is 23.9 Å². The van der Waals surface area contributed by atoms with E-state index in [0.29, 0.717) is 22.3 Å². The molecule has 1 aromatic carbocycles. The van der Waals surface area contributed by atoms with Crippen molar-refractivity contribution in [1.29, 1.82) is 0 Å². The first-order chi connectivity index (χ1) is 13.1. The molecule has 7 heteroatoms. The van der Waals surface area contributed by atoms with Crippen molar-refractivity contribution in [2.75, 3.05) is 0 Å². The van der Waals surface area contributed by atoms with E-state index in [1.165, 1.54) is 13.0 Å². The maximum atomic E-state index is 12.5. The van der Waals surface area contributed by atoms with Gasteiger partial charge in [0.2, 0.25) is 0 Å². The van der Waals surface area contributed by atoms with Gasteiger partial charge in [-0.2, -0.15) is 0 Å². The summed E-state index contributed by atoms with van der Waals surface area (Å²) < 4.78 is 22.7. The summed E-state index contributed by atoms with van der Waals surface area (Å²) in [6.45, 7) is 8.08. The summed E-state index contributed by atoms with van der Waals surface area (Å²) >= 11 is 0. The minimum absolute atomic E-state index is 0.230. The highest BCUT2D eigenvalue weighted by Gasteiger charge is 2.49. The van der Waals surface area contributed by atoms with Crippen LogP contribution in [-0.4, -0.2) is 23.6 Å². The van der Waals surface area contributed by atoms with Gasteiger partial charge >= 0.3 is 17.6 Å². The van der Waals surface area contributed by atoms with Crippen molar-refractivity contribution in [1.82, 2.24) is 0 Å². The minimum Gasteiger partial charge on any atom is -0.483 e. The fourth-order valence-electron chi connectivity index (χ4n) is 3.18. The second-order valence-electron chi connectivity index (χ2n) is 7.18. The highest BCUT2D eigenvalue weighted by Crippen LogP contribution is 2.46. The highest BCUT2D eigenvalue weighted by molar-refractivity contribution is 5.89. The lowest BCUT2D eigenvalue weighted by molar-refractivity contribution is -0.186. The molecule has 0 amide bonds. The third-order valence-electron chi connectivity index (χ3n) is 4.69. The molecule has 0 saturated carbocycles. The molecular weight excluding hydrogens is 364 g/mol. The predicted molar refractivity (Wildman–Crippen MR) is 101 cm³/mol. The molecule has 1 aliphatic rings. The standard InChI is InChI=1S/C21H22O7/c1-6-11(2)20(24)27-18-16-14(28-21(4,5)19(18)25-12(3)22)9-7-13-8-10-15(23)26-17(13)16/h6-10,18-19H,1-5H3/b11-6+/t18-,19-/m1/s1. The fraction of sp³-hybridized carbons (Fsp3) is 0.381. The zero-order valence-corrected chi connectivity index (χ0v) is 16.4. The van der Waals surface area contributed by atoms with Crippen molar-refractivity contribution < 1.29 is 28.2 Å².